The van der Waals surface area contributed by atoms with Crippen molar-refractivity contribution in [1.29, 1.82) is 0 Å². The zero-order valence-corrected chi connectivity index (χ0v) is 19.5. The molecule has 0 aliphatic rings. The standard InChI is InChI=1S/C25H20BrN3O4/c1-32-21-12-9-16(14-22(21)33-2)25(31)29-20(13-15-7-10-17(26)11-8-15)23(30)24-27-18-5-3-4-6-19(18)28-24/h3-14H,1-2H3,(H,27,28)(H,29,31)/b20-13+. The highest BCUT2D eigenvalue weighted by atomic mass is 79.9. The van der Waals surface area contributed by atoms with E-state index in [2.05, 4.69) is 31.2 Å². The van der Waals surface area contributed by atoms with Crippen LogP contribution in [-0.2, 0) is 0 Å². The van der Waals surface area contributed by atoms with Crippen LogP contribution >= 0.6 is 15.9 Å². The van der Waals surface area contributed by atoms with Crippen molar-refractivity contribution in [1.82, 2.24) is 15.3 Å². The minimum absolute atomic E-state index is 0.0798. The molecule has 0 saturated carbocycles. The molecule has 0 unspecified atom stereocenters. The lowest BCUT2D eigenvalue weighted by Gasteiger charge is -2.11. The number of para-hydroxylation sites is 2. The number of imidazole rings is 1. The van der Waals surface area contributed by atoms with E-state index in [1.54, 1.807) is 24.3 Å². The highest BCUT2D eigenvalue weighted by Gasteiger charge is 2.20. The van der Waals surface area contributed by atoms with E-state index in [0.29, 0.717) is 22.6 Å². The molecular formula is C25H20BrN3O4. The second kappa shape index (κ2) is 9.70. The SMILES string of the molecule is COc1ccc(C(=O)N/C(=C/c2ccc(Br)cc2)C(=O)c2nc3ccccc3[nH]2)cc1OC. The summed E-state index contributed by atoms with van der Waals surface area (Å²) in [5.74, 6) is 0.129. The van der Waals surface area contributed by atoms with E-state index in [0.717, 1.165) is 15.6 Å². The number of hydrogen-bond acceptors (Lipinski definition) is 5. The van der Waals surface area contributed by atoms with Crippen molar-refractivity contribution in [2.24, 2.45) is 0 Å². The van der Waals surface area contributed by atoms with Crippen molar-refractivity contribution in [3.05, 3.63) is 93.9 Å². The Balaban J connectivity index is 1.70. The molecule has 0 radical (unpaired) electrons. The normalized spacial score (nSPS) is 11.3. The fraction of sp³-hybridized carbons (Fsp3) is 0.0800. The molecule has 1 heterocycles. The first-order valence-electron chi connectivity index (χ1n) is 9.98. The maximum atomic E-state index is 13.3. The third-order valence-corrected chi connectivity index (χ3v) is 5.45. The number of carbonyl (C=O) groups is 2. The molecule has 0 spiro atoms. The van der Waals surface area contributed by atoms with Gasteiger partial charge in [0.1, 0.15) is 0 Å². The van der Waals surface area contributed by atoms with E-state index in [1.165, 1.54) is 14.2 Å². The zero-order chi connectivity index (χ0) is 23.4. The van der Waals surface area contributed by atoms with E-state index in [9.17, 15) is 9.59 Å². The predicted octanol–water partition coefficient (Wildman–Crippen LogP) is 5.00. The van der Waals surface area contributed by atoms with Crippen molar-refractivity contribution in [3.8, 4) is 11.5 Å². The molecule has 0 bridgehead atoms. The number of ketones is 1. The van der Waals surface area contributed by atoms with Crippen molar-refractivity contribution in [2.75, 3.05) is 14.2 Å². The molecule has 1 amide bonds. The number of fused-ring (bicyclic) bond motifs is 1. The minimum Gasteiger partial charge on any atom is -0.493 e. The van der Waals surface area contributed by atoms with Gasteiger partial charge in [0.25, 0.3) is 5.91 Å². The molecule has 4 aromatic rings. The first kappa shape index (κ1) is 22.3. The number of methoxy groups -OCH3 is 2. The Kier molecular flexibility index (Phi) is 6.55. The highest BCUT2D eigenvalue weighted by Crippen LogP contribution is 2.27. The van der Waals surface area contributed by atoms with Crippen LogP contribution in [0.3, 0.4) is 0 Å². The van der Waals surface area contributed by atoms with Crippen molar-refractivity contribution in [2.45, 2.75) is 0 Å². The number of aromatic nitrogens is 2. The number of nitrogens with one attached hydrogen (secondary N) is 2. The van der Waals surface area contributed by atoms with E-state index < -0.39 is 11.7 Å². The molecule has 2 N–H and O–H groups in total. The Morgan fingerprint density at radius 2 is 1.70 bits per heavy atom. The summed E-state index contributed by atoms with van der Waals surface area (Å²) in [4.78, 5) is 33.8. The Labute approximate surface area is 198 Å². The second-order valence-electron chi connectivity index (χ2n) is 7.07. The molecule has 0 aliphatic carbocycles. The summed E-state index contributed by atoms with van der Waals surface area (Å²) in [6, 6.07) is 19.5. The van der Waals surface area contributed by atoms with Gasteiger partial charge in [0.15, 0.2) is 17.3 Å². The van der Waals surface area contributed by atoms with Gasteiger partial charge >= 0.3 is 0 Å². The van der Waals surface area contributed by atoms with Gasteiger partial charge in [0.05, 0.1) is 31.0 Å². The van der Waals surface area contributed by atoms with Crippen LogP contribution in [0.25, 0.3) is 17.1 Å². The van der Waals surface area contributed by atoms with Gasteiger partial charge in [-0.05, 0) is 54.1 Å². The van der Waals surface area contributed by atoms with Crippen molar-refractivity contribution >= 4 is 44.7 Å². The first-order valence-corrected chi connectivity index (χ1v) is 10.8. The fourth-order valence-corrected chi connectivity index (χ4v) is 3.51. The van der Waals surface area contributed by atoms with E-state index in [-0.39, 0.29) is 11.5 Å². The summed E-state index contributed by atoms with van der Waals surface area (Å²) in [6.45, 7) is 0. The number of amides is 1. The van der Waals surface area contributed by atoms with Gasteiger partial charge in [0.2, 0.25) is 5.78 Å². The molecule has 1 aromatic heterocycles. The molecule has 33 heavy (non-hydrogen) atoms. The third-order valence-electron chi connectivity index (χ3n) is 4.92. The van der Waals surface area contributed by atoms with Crippen LogP contribution in [0.5, 0.6) is 11.5 Å². The van der Waals surface area contributed by atoms with Gasteiger partial charge in [-0.15, -0.1) is 0 Å². The van der Waals surface area contributed by atoms with E-state index >= 15 is 0 Å². The molecule has 166 valence electrons. The molecule has 0 atom stereocenters. The summed E-state index contributed by atoms with van der Waals surface area (Å²) in [6.07, 6.45) is 1.61. The summed E-state index contributed by atoms with van der Waals surface area (Å²) >= 11 is 3.40. The zero-order valence-electron chi connectivity index (χ0n) is 17.9. The van der Waals surface area contributed by atoms with Gasteiger partial charge < -0.3 is 19.8 Å². The topological polar surface area (TPSA) is 93.3 Å². The van der Waals surface area contributed by atoms with Crippen LogP contribution in [0.1, 0.15) is 26.5 Å². The number of hydrogen-bond donors (Lipinski definition) is 2. The summed E-state index contributed by atoms with van der Waals surface area (Å²) in [5.41, 5.74) is 2.53. The molecule has 7 nitrogen and oxygen atoms in total. The lowest BCUT2D eigenvalue weighted by atomic mass is 10.1. The van der Waals surface area contributed by atoms with E-state index in [4.69, 9.17) is 9.47 Å². The number of ether oxygens (including phenoxy) is 2. The number of allylic oxidation sites excluding steroid dienone is 1. The number of benzene rings is 3. The van der Waals surface area contributed by atoms with Gasteiger partial charge in [-0.2, -0.15) is 0 Å². The van der Waals surface area contributed by atoms with Crippen LogP contribution in [0, 0.1) is 0 Å². The van der Waals surface area contributed by atoms with Gasteiger partial charge in [0, 0.05) is 10.0 Å². The molecule has 8 heteroatoms. The van der Waals surface area contributed by atoms with Crippen LogP contribution in [0.15, 0.2) is 76.9 Å². The Bertz CT molecular complexity index is 1330. The number of rotatable bonds is 7. The second-order valence-corrected chi connectivity index (χ2v) is 7.98. The highest BCUT2D eigenvalue weighted by molar-refractivity contribution is 9.10. The third kappa shape index (κ3) is 4.96. The Hall–Kier alpha value is -3.91. The number of halogens is 1. The first-order chi connectivity index (χ1) is 16.0. The minimum atomic E-state index is -0.469. The maximum Gasteiger partial charge on any atom is 0.255 e. The summed E-state index contributed by atoms with van der Waals surface area (Å²) < 4.78 is 11.4. The van der Waals surface area contributed by atoms with Crippen molar-refractivity contribution in [3.63, 3.8) is 0 Å². The summed E-state index contributed by atoms with van der Waals surface area (Å²) in [7, 11) is 3.01. The average molecular weight is 506 g/mol. The number of Topliss-reactive ketones (excluding diaryl/α,β-unsaturated/α-hetero) is 1. The Morgan fingerprint density at radius 1 is 0.970 bits per heavy atom. The lowest BCUT2D eigenvalue weighted by molar-refractivity contribution is 0.0931. The molecule has 4 rings (SSSR count). The number of H-pyrrole nitrogens is 1. The smallest absolute Gasteiger partial charge is 0.255 e. The number of nitrogens with zero attached hydrogens (tertiary/aromatic N) is 1. The average Bonchev–Trinajstić information content (AvgIpc) is 3.28. The largest absolute Gasteiger partial charge is 0.493 e. The summed E-state index contributed by atoms with van der Waals surface area (Å²) in [5, 5.41) is 2.73. The fourth-order valence-electron chi connectivity index (χ4n) is 3.24. The van der Waals surface area contributed by atoms with E-state index in [1.807, 2.05) is 48.5 Å². The van der Waals surface area contributed by atoms with Crippen molar-refractivity contribution < 1.29 is 19.1 Å². The maximum absolute atomic E-state index is 13.3. The number of aromatic amines is 1. The molecule has 0 saturated heterocycles. The molecular weight excluding hydrogens is 486 g/mol. The Morgan fingerprint density at radius 3 is 2.39 bits per heavy atom. The molecule has 0 aliphatic heterocycles. The van der Waals surface area contributed by atoms with Crippen LogP contribution in [-0.4, -0.2) is 35.9 Å². The van der Waals surface area contributed by atoms with Crippen LogP contribution < -0.4 is 14.8 Å². The quantitative estimate of drug-likeness (QED) is 0.272. The van der Waals surface area contributed by atoms with Crippen LogP contribution in [0.4, 0.5) is 0 Å². The van der Waals surface area contributed by atoms with Gasteiger partial charge in [-0.25, -0.2) is 4.98 Å². The predicted molar refractivity (Wildman–Crippen MR) is 130 cm³/mol. The van der Waals surface area contributed by atoms with Gasteiger partial charge in [-0.1, -0.05) is 40.2 Å². The number of carbonyl (C=O) groups excluding carboxylic acids is 2. The monoisotopic (exact) mass is 505 g/mol. The van der Waals surface area contributed by atoms with Crippen LogP contribution in [0.2, 0.25) is 0 Å². The van der Waals surface area contributed by atoms with Gasteiger partial charge in [-0.3, -0.25) is 9.59 Å². The molecule has 3 aromatic carbocycles. The lowest BCUT2D eigenvalue weighted by Crippen LogP contribution is -2.28. The molecule has 0 fully saturated rings.